The van der Waals surface area contributed by atoms with Crippen LogP contribution in [0.2, 0.25) is 0 Å². The number of nitrogens with one attached hydrogen (secondary N) is 2. The van der Waals surface area contributed by atoms with Crippen molar-refractivity contribution in [3.05, 3.63) is 0 Å². The first-order chi connectivity index (χ1) is 10.1. The third kappa shape index (κ3) is 8.17. The molecule has 22 heavy (non-hydrogen) atoms. The molecule has 0 aromatic rings. The third-order valence-corrected chi connectivity index (χ3v) is 3.44. The van der Waals surface area contributed by atoms with Gasteiger partial charge in [0.2, 0.25) is 5.91 Å². The number of likely N-dealkylation sites (tertiary alicyclic amines) is 1. The second-order valence-corrected chi connectivity index (χ2v) is 5.59. The van der Waals surface area contributed by atoms with E-state index >= 15 is 0 Å². The zero-order valence-corrected chi connectivity index (χ0v) is 16.6. The van der Waals surface area contributed by atoms with Crippen molar-refractivity contribution >= 4 is 35.8 Å². The molecule has 6 nitrogen and oxygen atoms in total. The van der Waals surface area contributed by atoms with E-state index in [1.165, 1.54) is 0 Å². The van der Waals surface area contributed by atoms with Gasteiger partial charge in [0.25, 0.3) is 0 Å². The zero-order valence-electron chi connectivity index (χ0n) is 14.2. The van der Waals surface area contributed by atoms with Crippen molar-refractivity contribution < 1.29 is 9.53 Å². The monoisotopic (exact) mass is 426 g/mol. The number of hydrogen-bond acceptors (Lipinski definition) is 3. The molecule has 0 saturated carbocycles. The molecule has 1 aliphatic rings. The SMILES string of the molecule is CCOC1CCN(C(=NC)NCCC(=O)NC(C)C)CC1.I. The summed E-state index contributed by atoms with van der Waals surface area (Å²) < 4.78 is 5.65. The molecule has 0 aliphatic carbocycles. The van der Waals surface area contributed by atoms with Crippen LogP contribution in [0.25, 0.3) is 0 Å². The topological polar surface area (TPSA) is 66.0 Å². The Bertz CT molecular complexity index is 342. The number of hydrogen-bond donors (Lipinski definition) is 2. The molecular weight excluding hydrogens is 395 g/mol. The Labute approximate surface area is 151 Å². The normalized spacial score (nSPS) is 16.4. The van der Waals surface area contributed by atoms with Gasteiger partial charge < -0.3 is 20.3 Å². The van der Waals surface area contributed by atoms with Crippen LogP contribution in [-0.4, -0.2) is 62.2 Å². The molecule has 1 aliphatic heterocycles. The molecule has 1 saturated heterocycles. The van der Waals surface area contributed by atoms with E-state index in [-0.39, 0.29) is 35.9 Å². The van der Waals surface area contributed by atoms with Crippen molar-refractivity contribution in [1.29, 1.82) is 0 Å². The lowest BCUT2D eigenvalue weighted by atomic mass is 10.1. The molecule has 0 aromatic heterocycles. The van der Waals surface area contributed by atoms with E-state index in [2.05, 4.69) is 20.5 Å². The molecule has 0 unspecified atom stereocenters. The number of nitrogens with zero attached hydrogens (tertiary/aromatic N) is 2. The van der Waals surface area contributed by atoms with Gasteiger partial charge in [-0.05, 0) is 33.6 Å². The minimum atomic E-state index is 0. The van der Waals surface area contributed by atoms with E-state index in [1.807, 2.05) is 20.8 Å². The van der Waals surface area contributed by atoms with Crippen LogP contribution >= 0.6 is 24.0 Å². The number of aliphatic imine (C=N–C) groups is 1. The predicted octanol–water partition coefficient (Wildman–Crippen LogP) is 1.60. The molecule has 0 radical (unpaired) electrons. The maximum atomic E-state index is 11.6. The quantitative estimate of drug-likeness (QED) is 0.385. The highest BCUT2D eigenvalue weighted by Gasteiger charge is 2.21. The fourth-order valence-corrected chi connectivity index (χ4v) is 2.48. The smallest absolute Gasteiger partial charge is 0.221 e. The van der Waals surface area contributed by atoms with Gasteiger partial charge in [-0.15, -0.1) is 24.0 Å². The molecule has 0 bridgehead atoms. The van der Waals surface area contributed by atoms with Gasteiger partial charge in [-0.1, -0.05) is 0 Å². The molecule has 130 valence electrons. The Hall–Kier alpha value is -0.570. The lowest BCUT2D eigenvalue weighted by Crippen LogP contribution is -2.47. The predicted molar refractivity (Wildman–Crippen MR) is 101 cm³/mol. The average Bonchev–Trinajstić information content (AvgIpc) is 2.44. The number of rotatable bonds is 6. The summed E-state index contributed by atoms with van der Waals surface area (Å²) in [5, 5.41) is 6.15. The molecular formula is C15H31IN4O2. The van der Waals surface area contributed by atoms with Gasteiger partial charge in [0.15, 0.2) is 5.96 Å². The highest BCUT2D eigenvalue weighted by molar-refractivity contribution is 14.0. The molecule has 7 heteroatoms. The van der Waals surface area contributed by atoms with Gasteiger partial charge >= 0.3 is 0 Å². The number of amides is 1. The van der Waals surface area contributed by atoms with E-state index in [1.54, 1.807) is 7.05 Å². The van der Waals surface area contributed by atoms with Gasteiger partial charge in [0.05, 0.1) is 6.10 Å². The zero-order chi connectivity index (χ0) is 15.7. The summed E-state index contributed by atoms with van der Waals surface area (Å²) >= 11 is 0. The van der Waals surface area contributed by atoms with Crippen LogP contribution in [0.4, 0.5) is 0 Å². The van der Waals surface area contributed by atoms with Gasteiger partial charge in [-0.25, -0.2) is 0 Å². The average molecular weight is 426 g/mol. The summed E-state index contributed by atoms with van der Waals surface area (Å²) in [6.45, 7) is 9.25. The van der Waals surface area contributed by atoms with Crippen LogP contribution in [0.3, 0.4) is 0 Å². The molecule has 0 spiro atoms. The second-order valence-electron chi connectivity index (χ2n) is 5.59. The minimum Gasteiger partial charge on any atom is -0.378 e. The second kappa shape index (κ2) is 11.9. The Morgan fingerprint density at radius 2 is 2.00 bits per heavy atom. The van der Waals surface area contributed by atoms with Crippen LogP contribution in [0.1, 0.15) is 40.0 Å². The first-order valence-electron chi connectivity index (χ1n) is 7.93. The van der Waals surface area contributed by atoms with Gasteiger partial charge in [0.1, 0.15) is 0 Å². The highest BCUT2D eigenvalue weighted by Crippen LogP contribution is 2.13. The van der Waals surface area contributed by atoms with E-state index in [9.17, 15) is 4.79 Å². The van der Waals surface area contributed by atoms with Crippen LogP contribution in [-0.2, 0) is 9.53 Å². The largest absolute Gasteiger partial charge is 0.378 e. The van der Waals surface area contributed by atoms with Crippen molar-refractivity contribution in [3.8, 4) is 0 Å². The molecule has 1 amide bonds. The standard InChI is InChI=1S/C15H30N4O2.HI/c1-5-21-13-7-10-19(11-8-13)15(16-4)17-9-6-14(20)18-12(2)3;/h12-13H,5-11H2,1-4H3,(H,16,17)(H,18,20);1H. The van der Waals surface area contributed by atoms with E-state index in [4.69, 9.17) is 4.74 Å². The van der Waals surface area contributed by atoms with Crippen LogP contribution in [0, 0.1) is 0 Å². The first kappa shape index (κ1) is 21.4. The van der Waals surface area contributed by atoms with Crippen LogP contribution in [0.15, 0.2) is 4.99 Å². The summed E-state index contributed by atoms with van der Waals surface area (Å²) in [5.74, 6) is 0.949. The minimum absolute atomic E-state index is 0. The number of carbonyl (C=O) groups is 1. The van der Waals surface area contributed by atoms with Crippen molar-refractivity contribution in [1.82, 2.24) is 15.5 Å². The third-order valence-electron chi connectivity index (χ3n) is 3.44. The Kier molecular flexibility index (Phi) is 11.6. The molecule has 1 fully saturated rings. The van der Waals surface area contributed by atoms with Gasteiger partial charge in [0, 0.05) is 45.8 Å². The van der Waals surface area contributed by atoms with Crippen molar-refractivity contribution in [2.45, 2.75) is 52.2 Å². The summed E-state index contributed by atoms with van der Waals surface area (Å²) in [5.41, 5.74) is 0. The molecule has 1 rings (SSSR count). The van der Waals surface area contributed by atoms with Crippen molar-refractivity contribution in [2.75, 3.05) is 33.3 Å². The number of piperidine rings is 1. The van der Waals surface area contributed by atoms with Crippen LogP contribution in [0.5, 0.6) is 0 Å². The number of ether oxygens (including phenoxy) is 1. The maximum absolute atomic E-state index is 11.6. The molecule has 2 N–H and O–H groups in total. The Morgan fingerprint density at radius 3 is 2.50 bits per heavy atom. The summed E-state index contributed by atoms with van der Waals surface area (Å²) in [4.78, 5) is 18.1. The molecule has 1 heterocycles. The Morgan fingerprint density at radius 1 is 1.36 bits per heavy atom. The fourth-order valence-electron chi connectivity index (χ4n) is 2.48. The molecule has 0 aromatic carbocycles. The van der Waals surface area contributed by atoms with Gasteiger partial charge in [-0.2, -0.15) is 0 Å². The number of carbonyl (C=O) groups excluding carboxylic acids is 1. The fraction of sp³-hybridized carbons (Fsp3) is 0.867. The summed E-state index contributed by atoms with van der Waals surface area (Å²) in [7, 11) is 1.78. The highest BCUT2D eigenvalue weighted by atomic mass is 127. The Balaban J connectivity index is 0.00000441. The maximum Gasteiger partial charge on any atom is 0.221 e. The lowest BCUT2D eigenvalue weighted by Gasteiger charge is -2.34. The van der Waals surface area contributed by atoms with Crippen molar-refractivity contribution in [3.63, 3.8) is 0 Å². The lowest BCUT2D eigenvalue weighted by molar-refractivity contribution is -0.121. The summed E-state index contributed by atoms with van der Waals surface area (Å²) in [6, 6.07) is 0.189. The first-order valence-corrected chi connectivity index (χ1v) is 7.93. The summed E-state index contributed by atoms with van der Waals surface area (Å²) in [6.07, 6.45) is 2.90. The van der Waals surface area contributed by atoms with Gasteiger partial charge in [-0.3, -0.25) is 9.79 Å². The van der Waals surface area contributed by atoms with Crippen molar-refractivity contribution in [2.24, 2.45) is 4.99 Å². The van der Waals surface area contributed by atoms with Crippen LogP contribution < -0.4 is 10.6 Å². The number of halogens is 1. The van der Waals surface area contributed by atoms with E-state index in [0.29, 0.717) is 19.1 Å². The van der Waals surface area contributed by atoms with E-state index < -0.39 is 0 Å². The number of guanidine groups is 1. The molecule has 0 atom stereocenters. The van der Waals surface area contributed by atoms with E-state index in [0.717, 1.165) is 38.5 Å².